The molecule has 0 unspecified atom stereocenters. The molecule has 1 aliphatic heterocycles. The number of amides is 1. The van der Waals surface area contributed by atoms with Gasteiger partial charge in [0.15, 0.2) is 5.82 Å². The van der Waals surface area contributed by atoms with E-state index in [4.69, 9.17) is 4.74 Å². The number of hydrogen-bond acceptors (Lipinski definition) is 5. The summed E-state index contributed by atoms with van der Waals surface area (Å²) in [6.45, 7) is 2.52. The molecule has 26 heavy (non-hydrogen) atoms. The van der Waals surface area contributed by atoms with Crippen LogP contribution in [0, 0.1) is 0 Å². The van der Waals surface area contributed by atoms with Crippen LogP contribution in [0.2, 0.25) is 0 Å². The van der Waals surface area contributed by atoms with Crippen LogP contribution in [-0.4, -0.2) is 32.7 Å². The minimum atomic E-state index is -0.243. The summed E-state index contributed by atoms with van der Waals surface area (Å²) in [7, 11) is 0. The monoisotopic (exact) mass is 349 g/mol. The number of aromatic nitrogens is 4. The van der Waals surface area contributed by atoms with Gasteiger partial charge in [-0.15, -0.1) is 5.10 Å². The first kappa shape index (κ1) is 16.3. The van der Waals surface area contributed by atoms with Crippen molar-refractivity contribution < 1.29 is 9.53 Å². The lowest BCUT2D eigenvalue weighted by atomic mass is 9.92. The van der Waals surface area contributed by atoms with Crippen LogP contribution in [0.4, 0.5) is 5.69 Å². The highest BCUT2D eigenvalue weighted by atomic mass is 16.5. The van der Waals surface area contributed by atoms with Crippen molar-refractivity contribution in [3.05, 3.63) is 59.9 Å². The lowest BCUT2D eigenvalue weighted by molar-refractivity contribution is -0.118. The average molecular weight is 349 g/mol. The third kappa shape index (κ3) is 2.92. The number of ether oxygens (including phenoxy) is 1. The van der Waals surface area contributed by atoms with E-state index in [0.717, 1.165) is 22.8 Å². The maximum absolute atomic E-state index is 13.0. The van der Waals surface area contributed by atoms with E-state index in [2.05, 4.69) is 20.8 Å². The van der Waals surface area contributed by atoms with Gasteiger partial charge in [-0.3, -0.25) is 4.79 Å². The molecule has 0 radical (unpaired) electrons. The van der Waals surface area contributed by atoms with E-state index in [0.29, 0.717) is 25.1 Å². The standard InChI is InChI=1S/C19H19N5O2/c1-2-18-21-22-23-24(18)16-9-5-4-8-15(16)20-19(25)14-11-12-26-17-10-6-3-7-13(14)17/h3-10,14H,2,11-12H2,1H3,(H,20,25)/t14-/m0/s1. The molecule has 3 aromatic rings. The molecule has 0 spiro atoms. The van der Waals surface area contributed by atoms with E-state index in [9.17, 15) is 4.79 Å². The minimum absolute atomic E-state index is 0.0562. The van der Waals surface area contributed by atoms with E-state index in [1.54, 1.807) is 4.68 Å². The zero-order chi connectivity index (χ0) is 17.9. The summed E-state index contributed by atoms with van der Waals surface area (Å²) >= 11 is 0. The van der Waals surface area contributed by atoms with Crippen LogP contribution in [0.25, 0.3) is 5.69 Å². The zero-order valence-electron chi connectivity index (χ0n) is 14.4. The second-order valence-electron chi connectivity index (χ2n) is 6.09. The SMILES string of the molecule is CCc1nnnn1-c1ccccc1NC(=O)[C@H]1CCOc2ccccc21. The quantitative estimate of drug-likeness (QED) is 0.783. The molecule has 4 rings (SSSR count). The molecular weight excluding hydrogens is 330 g/mol. The van der Waals surface area contributed by atoms with Crippen molar-refractivity contribution in [3.8, 4) is 11.4 Å². The molecule has 0 saturated heterocycles. The Morgan fingerprint density at radius 1 is 1.23 bits per heavy atom. The van der Waals surface area contributed by atoms with Crippen molar-refractivity contribution in [1.82, 2.24) is 20.2 Å². The second kappa shape index (κ2) is 6.95. The molecular formula is C19H19N5O2. The molecule has 2 heterocycles. The van der Waals surface area contributed by atoms with Crippen molar-refractivity contribution >= 4 is 11.6 Å². The Morgan fingerprint density at radius 3 is 2.92 bits per heavy atom. The van der Waals surface area contributed by atoms with Crippen molar-refractivity contribution in [2.24, 2.45) is 0 Å². The molecule has 1 N–H and O–H groups in total. The van der Waals surface area contributed by atoms with Crippen LogP contribution in [0.3, 0.4) is 0 Å². The third-order valence-corrected chi connectivity index (χ3v) is 4.52. The molecule has 0 bridgehead atoms. The van der Waals surface area contributed by atoms with Gasteiger partial charge in [-0.2, -0.15) is 4.68 Å². The summed E-state index contributed by atoms with van der Waals surface area (Å²) in [5.41, 5.74) is 2.36. The number of aryl methyl sites for hydroxylation is 1. The number of hydrogen-bond donors (Lipinski definition) is 1. The van der Waals surface area contributed by atoms with Gasteiger partial charge in [0.25, 0.3) is 0 Å². The summed E-state index contributed by atoms with van der Waals surface area (Å²) in [5.74, 6) is 1.22. The Labute approximate surface area is 151 Å². The Morgan fingerprint density at radius 2 is 2.04 bits per heavy atom. The number of benzene rings is 2. The Balaban J connectivity index is 1.64. The summed E-state index contributed by atoms with van der Waals surface area (Å²) < 4.78 is 7.32. The predicted octanol–water partition coefficient (Wildman–Crippen LogP) is 2.73. The van der Waals surface area contributed by atoms with E-state index in [1.165, 1.54) is 0 Å². The lowest BCUT2D eigenvalue weighted by Gasteiger charge is -2.25. The number of nitrogens with one attached hydrogen (secondary N) is 1. The number of carbonyl (C=O) groups excluding carboxylic acids is 1. The fourth-order valence-electron chi connectivity index (χ4n) is 3.21. The lowest BCUT2D eigenvalue weighted by Crippen LogP contribution is -2.27. The number of carbonyl (C=O) groups is 1. The first-order valence-corrected chi connectivity index (χ1v) is 8.67. The fourth-order valence-corrected chi connectivity index (χ4v) is 3.21. The molecule has 132 valence electrons. The van der Waals surface area contributed by atoms with E-state index >= 15 is 0 Å². The Kier molecular flexibility index (Phi) is 4.35. The van der Waals surface area contributed by atoms with Crippen LogP contribution in [-0.2, 0) is 11.2 Å². The van der Waals surface area contributed by atoms with Gasteiger partial charge in [0.1, 0.15) is 5.75 Å². The molecule has 7 nitrogen and oxygen atoms in total. The highest BCUT2D eigenvalue weighted by molar-refractivity contribution is 5.98. The normalized spacial score (nSPS) is 15.8. The summed E-state index contributed by atoms with van der Waals surface area (Å²) in [6, 6.07) is 15.2. The molecule has 1 aliphatic rings. The van der Waals surface area contributed by atoms with Gasteiger partial charge >= 0.3 is 0 Å². The van der Waals surface area contributed by atoms with Crippen LogP contribution in [0.1, 0.15) is 30.7 Å². The van der Waals surface area contributed by atoms with Crippen LogP contribution in [0.5, 0.6) is 5.75 Å². The Hall–Kier alpha value is -3.22. The van der Waals surface area contributed by atoms with Gasteiger partial charge in [0, 0.05) is 12.0 Å². The molecule has 1 atom stereocenters. The predicted molar refractivity (Wildman–Crippen MR) is 96.5 cm³/mol. The molecule has 2 aromatic carbocycles. The van der Waals surface area contributed by atoms with Crippen LogP contribution >= 0.6 is 0 Å². The van der Waals surface area contributed by atoms with Gasteiger partial charge in [-0.05, 0) is 35.0 Å². The van der Waals surface area contributed by atoms with Gasteiger partial charge in [0.05, 0.1) is 23.9 Å². The van der Waals surface area contributed by atoms with Crippen molar-refractivity contribution in [2.45, 2.75) is 25.7 Å². The highest BCUT2D eigenvalue weighted by Crippen LogP contribution is 2.34. The smallest absolute Gasteiger partial charge is 0.232 e. The number of para-hydroxylation sites is 3. The van der Waals surface area contributed by atoms with Gasteiger partial charge in [-0.25, -0.2) is 0 Å². The minimum Gasteiger partial charge on any atom is -0.493 e. The summed E-state index contributed by atoms with van der Waals surface area (Å²) in [5, 5.41) is 14.9. The number of rotatable bonds is 4. The zero-order valence-corrected chi connectivity index (χ0v) is 14.4. The molecule has 0 fully saturated rings. The number of anilines is 1. The molecule has 1 aromatic heterocycles. The maximum atomic E-state index is 13.0. The van der Waals surface area contributed by atoms with Crippen LogP contribution in [0.15, 0.2) is 48.5 Å². The molecule has 0 saturated carbocycles. The van der Waals surface area contributed by atoms with E-state index in [-0.39, 0.29) is 11.8 Å². The summed E-state index contributed by atoms with van der Waals surface area (Å²) in [6.07, 6.45) is 1.35. The highest BCUT2D eigenvalue weighted by Gasteiger charge is 2.28. The Bertz CT molecular complexity index is 937. The summed E-state index contributed by atoms with van der Waals surface area (Å²) in [4.78, 5) is 13.0. The number of nitrogens with zero attached hydrogens (tertiary/aromatic N) is 4. The van der Waals surface area contributed by atoms with Crippen molar-refractivity contribution in [2.75, 3.05) is 11.9 Å². The first-order chi connectivity index (χ1) is 12.8. The third-order valence-electron chi connectivity index (χ3n) is 4.52. The number of fused-ring (bicyclic) bond motifs is 1. The second-order valence-corrected chi connectivity index (χ2v) is 6.09. The van der Waals surface area contributed by atoms with Gasteiger partial charge < -0.3 is 10.1 Å². The average Bonchev–Trinajstić information content (AvgIpc) is 3.16. The van der Waals surface area contributed by atoms with Crippen molar-refractivity contribution in [3.63, 3.8) is 0 Å². The number of tetrazole rings is 1. The topological polar surface area (TPSA) is 81.9 Å². The van der Waals surface area contributed by atoms with E-state index in [1.807, 2.05) is 55.5 Å². The molecule has 0 aliphatic carbocycles. The van der Waals surface area contributed by atoms with Gasteiger partial charge in [-0.1, -0.05) is 37.3 Å². The van der Waals surface area contributed by atoms with E-state index < -0.39 is 0 Å². The fraction of sp³-hybridized carbons (Fsp3) is 0.263. The molecule has 1 amide bonds. The van der Waals surface area contributed by atoms with Gasteiger partial charge in [0.2, 0.25) is 5.91 Å². The van der Waals surface area contributed by atoms with Crippen molar-refractivity contribution in [1.29, 1.82) is 0 Å². The maximum Gasteiger partial charge on any atom is 0.232 e. The largest absolute Gasteiger partial charge is 0.493 e. The van der Waals surface area contributed by atoms with Crippen LogP contribution < -0.4 is 10.1 Å². The first-order valence-electron chi connectivity index (χ1n) is 8.67. The molecule has 7 heteroatoms.